The van der Waals surface area contributed by atoms with Crippen molar-refractivity contribution >= 4 is 28.7 Å². The zero-order valence-corrected chi connectivity index (χ0v) is 20.2. The van der Waals surface area contributed by atoms with Gasteiger partial charge in [-0.3, -0.25) is 9.48 Å². The molecule has 0 unspecified atom stereocenters. The van der Waals surface area contributed by atoms with Crippen molar-refractivity contribution < 1.29 is 4.79 Å². The van der Waals surface area contributed by atoms with Gasteiger partial charge >= 0.3 is 0 Å². The molecule has 0 saturated heterocycles. The molecular formula is C23H29N9O. The van der Waals surface area contributed by atoms with E-state index in [-0.39, 0.29) is 11.6 Å². The predicted octanol–water partition coefficient (Wildman–Crippen LogP) is 2.57. The Labute approximate surface area is 193 Å². The fraction of sp³-hybridized carbons (Fsp3) is 0.391. The lowest BCUT2D eigenvalue weighted by atomic mass is 10.1. The normalized spacial score (nSPS) is 13.9. The minimum absolute atomic E-state index is 0.228. The summed E-state index contributed by atoms with van der Waals surface area (Å²) in [5, 5.41) is 17.7. The first-order valence-corrected chi connectivity index (χ1v) is 11.0. The summed E-state index contributed by atoms with van der Waals surface area (Å²) in [6, 6.07) is 8.03. The first kappa shape index (κ1) is 22.4. The number of amides is 1. The molecule has 0 saturated carbocycles. The summed E-state index contributed by atoms with van der Waals surface area (Å²) in [6.45, 7) is 10.1. The Morgan fingerprint density at radius 2 is 1.76 bits per heavy atom. The minimum Gasteiger partial charge on any atom is -0.372 e. The van der Waals surface area contributed by atoms with E-state index in [1.165, 1.54) is 4.90 Å². The van der Waals surface area contributed by atoms with E-state index < -0.39 is 0 Å². The molecule has 1 aromatic carbocycles. The van der Waals surface area contributed by atoms with Crippen LogP contribution in [0.15, 0.2) is 34.4 Å². The van der Waals surface area contributed by atoms with Crippen LogP contribution in [-0.2, 0) is 11.8 Å². The number of carbonyl (C=O) groups is 1. The minimum atomic E-state index is -0.250. The molecule has 172 valence electrons. The van der Waals surface area contributed by atoms with Crippen LogP contribution in [0.5, 0.6) is 0 Å². The third kappa shape index (κ3) is 3.92. The van der Waals surface area contributed by atoms with Gasteiger partial charge in [-0.05, 0) is 57.5 Å². The second-order valence-electron chi connectivity index (χ2n) is 8.21. The number of benzene rings is 1. The lowest BCUT2D eigenvalue weighted by Crippen LogP contribution is -2.34. The molecule has 4 rings (SSSR count). The van der Waals surface area contributed by atoms with Gasteiger partial charge in [0.2, 0.25) is 11.6 Å². The predicted molar refractivity (Wildman–Crippen MR) is 129 cm³/mol. The van der Waals surface area contributed by atoms with E-state index in [9.17, 15) is 4.79 Å². The van der Waals surface area contributed by atoms with Gasteiger partial charge < -0.3 is 9.80 Å². The molecule has 3 heterocycles. The number of aryl methyl sites for hydroxylation is 3. The van der Waals surface area contributed by atoms with Crippen molar-refractivity contribution in [2.24, 2.45) is 17.1 Å². The standard InChI is InChI=1S/C23H29N9O/c1-8-31(9-2)16-10-11-17(14(3)12-16)24-19-20(23(33)29(5)6)28-32-21(25-26-22(19)32)18-13-15(4)30(7)27-18/h10-13H,8-9H2,1-7H3/b24-19-. The number of rotatable bonds is 6. The summed E-state index contributed by atoms with van der Waals surface area (Å²) < 4.78 is 3.31. The molecule has 1 amide bonds. The first-order chi connectivity index (χ1) is 15.7. The fourth-order valence-corrected chi connectivity index (χ4v) is 3.73. The Hall–Kier alpha value is -3.82. The van der Waals surface area contributed by atoms with Crippen molar-refractivity contribution in [1.82, 2.24) is 29.6 Å². The number of hydrogen-bond acceptors (Lipinski definition) is 7. The topological polar surface area (TPSA) is 96.8 Å². The molecule has 0 fully saturated rings. The second-order valence-corrected chi connectivity index (χ2v) is 8.21. The number of aromatic nitrogens is 5. The highest BCUT2D eigenvalue weighted by atomic mass is 16.2. The summed E-state index contributed by atoms with van der Waals surface area (Å²) in [7, 11) is 5.24. The maximum atomic E-state index is 13.0. The average Bonchev–Trinajstić information content (AvgIpc) is 3.44. The van der Waals surface area contributed by atoms with Crippen molar-refractivity contribution in [3.63, 3.8) is 0 Å². The molecule has 0 atom stereocenters. The highest BCUT2D eigenvalue weighted by molar-refractivity contribution is 6.70. The van der Waals surface area contributed by atoms with E-state index in [0.717, 1.165) is 35.7 Å². The third-order valence-electron chi connectivity index (χ3n) is 5.77. The lowest BCUT2D eigenvalue weighted by Gasteiger charge is -2.21. The van der Waals surface area contributed by atoms with Crippen LogP contribution in [0.2, 0.25) is 0 Å². The van der Waals surface area contributed by atoms with Crippen molar-refractivity contribution in [2.45, 2.75) is 27.7 Å². The van der Waals surface area contributed by atoms with Crippen LogP contribution in [-0.4, -0.2) is 74.1 Å². The number of hydrogen-bond donors (Lipinski definition) is 0. The van der Waals surface area contributed by atoms with Gasteiger partial charge in [0.15, 0.2) is 5.71 Å². The molecule has 1 aliphatic heterocycles. The van der Waals surface area contributed by atoms with Crippen molar-refractivity contribution in [3.8, 4) is 11.5 Å². The Kier molecular flexibility index (Phi) is 5.84. The zero-order chi connectivity index (χ0) is 23.9. The molecule has 1 aliphatic rings. The number of nitrogens with zero attached hydrogens (tertiary/aromatic N) is 9. The maximum absolute atomic E-state index is 13.0. The summed E-state index contributed by atoms with van der Waals surface area (Å²) in [4.78, 5) is 21.5. The molecule has 0 radical (unpaired) electrons. The smallest absolute Gasteiger partial charge is 0.276 e. The molecular weight excluding hydrogens is 418 g/mol. The van der Waals surface area contributed by atoms with Gasteiger partial charge in [0.05, 0.1) is 5.69 Å². The van der Waals surface area contributed by atoms with Gasteiger partial charge in [0, 0.05) is 45.6 Å². The van der Waals surface area contributed by atoms with E-state index in [1.807, 2.05) is 39.1 Å². The van der Waals surface area contributed by atoms with E-state index in [4.69, 9.17) is 4.99 Å². The van der Waals surface area contributed by atoms with Gasteiger partial charge in [0.25, 0.3) is 5.91 Å². The van der Waals surface area contributed by atoms with Crippen LogP contribution in [0.1, 0.15) is 30.9 Å². The Morgan fingerprint density at radius 1 is 1.06 bits per heavy atom. The summed E-state index contributed by atoms with van der Waals surface area (Å²) in [5.74, 6) is 0.641. The average molecular weight is 448 g/mol. The van der Waals surface area contributed by atoms with Gasteiger partial charge in [-0.25, -0.2) is 4.99 Å². The Morgan fingerprint density at radius 3 is 2.33 bits per heavy atom. The molecule has 10 nitrogen and oxygen atoms in total. The molecule has 0 aliphatic carbocycles. The van der Waals surface area contributed by atoms with Gasteiger partial charge in [-0.15, -0.1) is 10.2 Å². The van der Waals surface area contributed by atoms with Crippen LogP contribution in [0.4, 0.5) is 11.4 Å². The number of carbonyl (C=O) groups excluding carboxylic acids is 1. The van der Waals surface area contributed by atoms with Gasteiger partial charge in [-0.1, -0.05) is 0 Å². The quantitative estimate of drug-likeness (QED) is 0.579. The van der Waals surface area contributed by atoms with E-state index in [0.29, 0.717) is 23.1 Å². The van der Waals surface area contributed by atoms with Crippen LogP contribution in [0.3, 0.4) is 0 Å². The van der Waals surface area contributed by atoms with E-state index >= 15 is 0 Å². The summed E-state index contributed by atoms with van der Waals surface area (Å²) in [6.07, 6.45) is 0. The third-order valence-corrected chi connectivity index (χ3v) is 5.77. The van der Waals surface area contributed by atoms with Crippen molar-refractivity contribution in [1.29, 1.82) is 0 Å². The SMILES string of the molecule is CCN(CC)c1ccc(/N=C2/C(C(=O)N(C)C)=Nn3c2nnc3-c2cc(C)n(C)n2)c(C)c1. The number of fused-ring (bicyclic) bond motifs is 1. The molecule has 0 bridgehead atoms. The largest absolute Gasteiger partial charge is 0.372 e. The molecule has 10 heteroatoms. The van der Waals surface area contributed by atoms with Crippen molar-refractivity contribution in [3.05, 3.63) is 41.3 Å². The molecule has 33 heavy (non-hydrogen) atoms. The molecule has 3 aromatic rings. The Balaban J connectivity index is 1.82. The molecule has 0 N–H and O–H groups in total. The first-order valence-electron chi connectivity index (χ1n) is 11.0. The summed E-state index contributed by atoms with van der Waals surface area (Å²) in [5.41, 5.74) is 5.14. The van der Waals surface area contributed by atoms with Crippen LogP contribution in [0.25, 0.3) is 11.5 Å². The summed E-state index contributed by atoms with van der Waals surface area (Å²) >= 11 is 0. The molecule has 0 spiro atoms. The second kappa shape index (κ2) is 8.61. The lowest BCUT2D eigenvalue weighted by molar-refractivity contribution is -0.121. The van der Waals surface area contributed by atoms with E-state index in [2.05, 4.69) is 45.2 Å². The monoisotopic (exact) mass is 447 g/mol. The number of aliphatic imine (C=N–C) groups is 1. The fourth-order valence-electron chi connectivity index (χ4n) is 3.73. The van der Waals surface area contributed by atoms with Crippen LogP contribution >= 0.6 is 0 Å². The van der Waals surface area contributed by atoms with Crippen LogP contribution in [0, 0.1) is 13.8 Å². The highest BCUT2D eigenvalue weighted by Crippen LogP contribution is 2.28. The van der Waals surface area contributed by atoms with Crippen LogP contribution < -0.4 is 4.90 Å². The molecule has 2 aromatic heterocycles. The number of anilines is 1. The van der Waals surface area contributed by atoms with Crippen molar-refractivity contribution in [2.75, 3.05) is 32.1 Å². The Bertz CT molecular complexity index is 1260. The highest BCUT2D eigenvalue weighted by Gasteiger charge is 2.34. The zero-order valence-electron chi connectivity index (χ0n) is 20.2. The van der Waals surface area contributed by atoms with Gasteiger partial charge in [0.1, 0.15) is 11.4 Å². The van der Waals surface area contributed by atoms with Gasteiger partial charge in [-0.2, -0.15) is 14.9 Å². The van der Waals surface area contributed by atoms with E-state index in [1.54, 1.807) is 23.5 Å². The maximum Gasteiger partial charge on any atom is 0.276 e.